The number of methoxy groups -OCH3 is 1. The van der Waals surface area contributed by atoms with Crippen LogP contribution in [0.1, 0.15) is 31.0 Å². The van der Waals surface area contributed by atoms with Crippen molar-refractivity contribution < 1.29 is 19.4 Å². The first-order valence-electron chi connectivity index (χ1n) is 6.09. The topological polar surface area (TPSA) is 66.8 Å². The molecule has 0 fully saturated rings. The number of aliphatic carboxylic acids is 1. The molecule has 5 heteroatoms. The lowest BCUT2D eigenvalue weighted by atomic mass is 10.0. The second kappa shape index (κ2) is 6.89. The zero-order valence-electron chi connectivity index (χ0n) is 11.4. The number of hydrogen-bond acceptors (Lipinski definition) is 3. The smallest absolute Gasteiger partial charge is 0.331 e. The van der Waals surface area contributed by atoms with Crippen LogP contribution in [0.15, 0.2) is 24.3 Å². The van der Waals surface area contributed by atoms with Crippen LogP contribution < -0.4 is 0 Å². The van der Waals surface area contributed by atoms with Gasteiger partial charge >= 0.3 is 5.97 Å². The molecule has 0 heterocycles. The van der Waals surface area contributed by atoms with Crippen molar-refractivity contribution in [3.8, 4) is 0 Å². The van der Waals surface area contributed by atoms with E-state index in [9.17, 15) is 14.7 Å². The molecule has 0 radical (unpaired) electrons. The van der Waals surface area contributed by atoms with E-state index >= 15 is 0 Å². The summed E-state index contributed by atoms with van der Waals surface area (Å²) < 4.78 is 5.03. The number of amides is 1. The lowest BCUT2D eigenvalue weighted by molar-refractivity contribution is -0.149. The van der Waals surface area contributed by atoms with Crippen LogP contribution in [-0.2, 0) is 20.9 Å². The summed E-state index contributed by atoms with van der Waals surface area (Å²) >= 11 is 0. The minimum Gasteiger partial charge on any atom is -0.479 e. The molecule has 0 aliphatic rings. The SMILES string of the molecule is CCN(C(C)=O)C(C(=O)O)c1cccc(COC)c1. The van der Waals surface area contributed by atoms with Gasteiger partial charge in [0, 0.05) is 20.6 Å². The van der Waals surface area contributed by atoms with E-state index in [0.717, 1.165) is 5.56 Å². The van der Waals surface area contributed by atoms with Gasteiger partial charge in [-0.15, -0.1) is 0 Å². The zero-order chi connectivity index (χ0) is 14.4. The molecule has 0 saturated carbocycles. The average Bonchev–Trinajstić information content (AvgIpc) is 2.35. The van der Waals surface area contributed by atoms with Gasteiger partial charge in [-0.25, -0.2) is 4.79 Å². The summed E-state index contributed by atoms with van der Waals surface area (Å²) in [6, 6.07) is 6.14. The number of carboxylic acid groups (broad SMARTS) is 1. The highest BCUT2D eigenvalue weighted by atomic mass is 16.5. The fourth-order valence-electron chi connectivity index (χ4n) is 2.06. The van der Waals surface area contributed by atoms with Crippen LogP contribution in [0.3, 0.4) is 0 Å². The highest BCUT2D eigenvalue weighted by Crippen LogP contribution is 2.22. The third-order valence-corrected chi connectivity index (χ3v) is 2.87. The maximum absolute atomic E-state index is 11.5. The molecule has 1 aromatic rings. The summed E-state index contributed by atoms with van der Waals surface area (Å²) in [7, 11) is 1.58. The second-order valence-electron chi connectivity index (χ2n) is 4.22. The minimum absolute atomic E-state index is 0.257. The van der Waals surface area contributed by atoms with Gasteiger partial charge in [-0.3, -0.25) is 4.79 Å². The highest BCUT2D eigenvalue weighted by Gasteiger charge is 2.28. The largest absolute Gasteiger partial charge is 0.479 e. The van der Waals surface area contributed by atoms with E-state index in [1.807, 2.05) is 6.07 Å². The summed E-state index contributed by atoms with van der Waals surface area (Å²) in [6.45, 7) is 3.89. The third-order valence-electron chi connectivity index (χ3n) is 2.87. The number of likely N-dealkylation sites (N-methyl/N-ethyl adjacent to an activating group) is 1. The monoisotopic (exact) mass is 265 g/mol. The molecule has 0 saturated heterocycles. The molecule has 0 aromatic heterocycles. The Hall–Kier alpha value is -1.88. The maximum atomic E-state index is 11.5. The molecule has 0 aliphatic heterocycles. The molecule has 0 aliphatic carbocycles. The Morgan fingerprint density at radius 1 is 1.42 bits per heavy atom. The molecule has 1 atom stereocenters. The predicted octanol–water partition coefficient (Wildman–Crippen LogP) is 1.83. The Bertz CT molecular complexity index is 459. The molecule has 1 N–H and O–H groups in total. The van der Waals surface area contributed by atoms with Gasteiger partial charge in [0.1, 0.15) is 0 Å². The molecule has 104 valence electrons. The minimum atomic E-state index is -1.04. The van der Waals surface area contributed by atoms with Crippen LogP contribution in [0.2, 0.25) is 0 Å². The predicted molar refractivity (Wildman–Crippen MR) is 70.6 cm³/mol. The van der Waals surface area contributed by atoms with Gasteiger partial charge in [-0.2, -0.15) is 0 Å². The van der Waals surface area contributed by atoms with Crippen molar-refractivity contribution in [2.75, 3.05) is 13.7 Å². The third kappa shape index (κ3) is 3.79. The normalized spacial score (nSPS) is 11.9. The number of carbonyl (C=O) groups excluding carboxylic acids is 1. The number of benzene rings is 1. The molecule has 19 heavy (non-hydrogen) atoms. The first-order chi connectivity index (χ1) is 9.01. The van der Waals surface area contributed by atoms with Crippen LogP contribution in [0.25, 0.3) is 0 Å². The van der Waals surface area contributed by atoms with Crippen molar-refractivity contribution in [1.82, 2.24) is 4.90 Å². The molecule has 1 aromatic carbocycles. The summed E-state index contributed by atoms with van der Waals surface area (Å²) in [5, 5.41) is 9.37. The van der Waals surface area contributed by atoms with Gasteiger partial charge in [-0.1, -0.05) is 24.3 Å². The quantitative estimate of drug-likeness (QED) is 0.852. The Balaban J connectivity index is 3.15. The molecule has 5 nitrogen and oxygen atoms in total. The average molecular weight is 265 g/mol. The maximum Gasteiger partial charge on any atom is 0.331 e. The lowest BCUT2D eigenvalue weighted by Gasteiger charge is -2.27. The Labute approximate surface area is 112 Å². The summed E-state index contributed by atoms with van der Waals surface area (Å²) in [4.78, 5) is 24.3. The number of rotatable bonds is 6. The van der Waals surface area contributed by atoms with Crippen LogP contribution >= 0.6 is 0 Å². The highest BCUT2D eigenvalue weighted by molar-refractivity contribution is 5.83. The van der Waals surface area contributed by atoms with E-state index < -0.39 is 12.0 Å². The standard InChI is InChI=1S/C14H19NO4/c1-4-15(10(2)16)13(14(17)18)12-7-5-6-11(8-12)9-19-3/h5-8,13H,4,9H2,1-3H3,(H,17,18). The van der Waals surface area contributed by atoms with E-state index in [0.29, 0.717) is 18.7 Å². The van der Waals surface area contributed by atoms with Gasteiger partial charge in [0.05, 0.1) is 6.61 Å². The summed E-state index contributed by atoms with van der Waals surface area (Å²) in [5.74, 6) is -1.29. The van der Waals surface area contributed by atoms with Crippen molar-refractivity contribution >= 4 is 11.9 Å². The van der Waals surface area contributed by atoms with Crippen molar-refractivity contribution in [2.24, 2.45) is 0 Å². The Morgan fingerprint density at radius 2 is 2.11 bits per heavy atom. The van der Waals surface area contributed by atoms with Crippen molar-refractivity contribution in [2.45, 2.75) is 26.5 Å². The molecule has 1 amide bonds. The first kappa shape index (κ1) is 15.2. The van der Waals surface area contributed by atoms with Gasteiger partial charge in [0.2, 0.25) is 5.91 Å². The van der Waals surface area contributed by atoms with Crippen LogP contribution in [0, 0.1) is 0 Å². The van der Waals surface area contributed by atoms with Gasteiger partial charge < -0.3 is 14.7 Å². The molecule has 0 spiro atoms. The number of carbonyl (C=O) groups is 2. The molecular weight excluding hydrogens is 246 g/mol. The van der Waals surface area contributed by atoms with Crippen LogP contribution in [0.4, 0.5) is 0 Å². The summed E-state index contributed by atoms with van der Waals surface area (Å²) in [5.41, 5.74) is 1.46. The van der Waals surface area contributed by atoms with E-state index in [-0.39, 0.29) is 5.91 Å². The number of hydrogen-bond donors (Lipinski definition) is 1. The Morgan fingerprint density at radius 3 is 2.58 bits per heavy atom. The molecule has 0 bridgehead atoms. The molecule has 1 unspecified atom stereocenters. The van der Waals surface area contributed by atoms with E-state index in [1.165, 1.54) is 11.8 Å². The summed E-state index contributed by atoms with van der Waals surface area (Å²) in [6.07, 6.45) is 0. The molecular formula is C14H19NO4. The zero-order valence-corrected chi connectivity index (χ0v) is 11.4. The fourth-order valence-corrected chi connectivity index (χ4v) is 2.06. The number of carboxylic acids is 1. The van der Waals surface area contributed by atoms with Crippen LogP contribution in [0.5, 0.6) is 0 Å². The van der Waals surface area contributed by atoms with Gasteiger partial charge in [0.25, 0.3) is 0 Å². The second-order valence-corrected chi connectivity index (χ2v) is 4.22. The van der Waals surface area contributed by atoms with E-state index in [1.54, 1.807) is 32.2 Å². The van der Waals surface area contributed by atoms with Crippen LogP contribution in [-0.4, -0.2) is 35.5 Å². The lowest BCUT2D eigenvalue weighted by Crippen LogP contribution is -2.37. The van der Waals surface area contributed by atoms with Crippen molar-refractivity contribution in [3.05, 3.63) is 35.4 Å². The number of ether oxygens (including phenoxy) is 1. The fraction of sp³-hybridized carbons (Fsp3) is 0.429. The molecule has 1 rings (SSSR count). The van der Waals surface area contributed by atoms with Gasteiger partial charge in [-0.05, 0) is 18.1 Å². The Kier molecular flexibility index (Phi) is 5.51. The number of nitrogens with zero attached hydrogens (tertiary/aromatic N) is 1. The van der Waals surface area contributed by atoms with E-state index in [2.05, 4.69) is 0 Å². The van der Waals surface area contributed by atoms with E-state index in [4.69, 9.17) is 4.74 Å². The van der Waals surface area contributed by atoms with Gasteiger partial charge in [0.15, 0.2) is 6.04 Å². The van der Waals surface area contributed by atoms with Crippen molar-refractivity contribution in [1.29, 1.82) is 0 Å². The van der Waals surface area contributed by atoms with Crippen molar-refractivity contribution in [3.63, 3.8) is 0 Å². The first-order valence-corrected chi connectivity index (χ1v) is 6.09.